The van der Waals surface area contributed by atoms with Gasteiger partial charge in [0.25, 0.3) is 5.91 Å². The van der Waals surface area contributed by atoms with E-state index in [0.717, 1.165) is 16.9 Å². The van der Waals surface area contributed by atoms with Crippen molar-refractivity contribution in [2.45, 2.75) is 12.7 Å². The number of amides is 1. The summed E-state index contributed by atoms with van der Waals surface area (Å²) >= 11 is 0. The maximum Gasteiger partial charge on any atom is 0.258 e. The maximum atomic E-state index is 13.0. The summed E-state index contributed by atoms with van der Waals surface area (Å²) in [6, 6.07) is 19.1. The number of rotatable bonds is 6. The number of nitrogens with zero attached hydrogens (tertiary/aromatic N) is 2. The normalized spacial score (nSPS) is 15.3. The standard InChI is InChI=1S/C22H21N3O3/c1-27-18-11-10-16(13-19(18)28-2)24-21-20-17(9-6-12-23-20)22(26)25(21)14-15-7-4-3-5-8-15/h3-13,21,24H,14H2,1-2H3/t21-/m1/s1. The third-order valence-corrected chi connectivity index (χ3v) is 4.78. The maximum absolute atomic E-state index is 13.0. The smallest absolute Gasteiger partial charge is 0.258 e. The molecule has 142 valence electrons. The number of pyridine rings is 1. The highest BCUT2D eigenvalue weighted by atomic mass is 16.5. The zero-order chi connectivity index (χ0) is 19.5. The van der Waals surface area contributed by atoms with E-state index in [1.807, 2.05) is 54.6 Å². The Morgan fingerprint density at radius 1 is 1.00 bits per heavy atom. The lowest BCUT2D eigenvalue weighted by Gasteiger charge is -2.27. The number of methoxy groups -OCH3 is 2. The quantitative estimate of drug-likeness (QED) is 0.709. The molecule has 4 rings (SSSR count). The topological polar surface area (TPSA) is 63.7 Å². The average molecular weight is 375 g/mol. The van der Waals surface area contributed by atoms with Crippen molar-refractivity contribution in [1.29, 1.82) is 0 Å². The molecule has 2 heterocycles. The number of hydrogen-bond donors (Lipinski definition) is 1. The summed E-state index contributed by atoms with van der Waals surface area (Å²) in [7, 11) is 3.20. The van der Waals surface area contributed by atoms with E-state index in [4.69, 9.17) is 9.47 Å². The molecule has 1 amide bonds. The Kier molecular flexibility index (Phi) is 4.85. The zero-order valence-electron chi connectivity index (χ0n) is 15.8. The van der Waals surface area contributed by atoms with Gasteiger partial charge >= 0.3 is 0 Å². The Hall–Kier alpha value is -3.54. The van der Waals surface area contributed by atoms with E-state index < -0.39 is 0 Å². The number of fused-ring (bicyclic) bond motifs is 1. The first kappa shape index (κ1) is 17.9. The van der Waals surface area contributed by atoms with Crippen molar-refractivity contribution in [1.82, 2.24) is 9.88 Å². The van der Waals surface area contributed by atoms with Gasteiger partial charge in [0.1, 0.15) is 6.17 Å². The Bertz CT molecular complexity index is 991. The van der Waals surface area contributed by atoms with Gasteiger partial charge in [0, 0.05) is 24.5 Å². The number of carbonyl (C=O) groups excluding carboxylic acids is 1. The van der Waals surface area contributed by atoms with Crippen molar-refractivity contribution < 1.29 is 14.3 Å². The molecule has 0 fully saturated rings. The van der Waals surface area contributed by atoms with Crippen LogP contribution in [-0.4, -0.2) is 30.0 Å². The van der Waals surface area contributed by atoms with Crippen LogP contribution in [0.4, 0.5) is 5.69 Å². The number of hydrogen-bond acceptors (Lipinski definition) is 5. The van der Waals surface area contributed by atoms with E-state index >= 15 is 0 Å². The zero-order valence-corrected chi connectivity index (χ0v) is 15.8. The van der Waals surface area contributed by atoms with Crippen molar-refractivity contribution in [2.75, 3.05) is 19.5 Å². The largest absolute Gasteiger partial charge is 0.493 e. The van der Waals surface area contributed by atoms with Gasteiger partial charge in [-0.25, -0.2) is 0 Å². The van der Waals surface area contributed by atoms with Crippen molar-refractivity contribution >= 4 is 11.6 Å². The van der Waals surface area contributed by atoms with Gasteiger partial charge < -0.3 is 19.7 Å². The van der Waals surface area contributed by atoms with Crippen molar-refractivity contribution in [3.05, 3.63) is 83.7 Å². The van der Waals surface area contributed by atoms with Gasteiger partial charge in [-0.1, -0.05) is 30.3 Å². The molecule has 0 unspecified atom stereocenters. The van der Waals surface area contributed by atoms with Gasteiger partial charge in [-0.3, -0.25) is 9.78 Å². The number of aromatic nitrogens is 1. The van der Waals surface area contributed by atoms with E-state index in [9.17, 15) is 4.79 Å². The van der Waals surface area contributed by atoms with Crippen LogP contribution in [0.5, 0.6) is 11.5 Å². The summed E-state index contributed by atoms with van der Waals surface area (Å²) in [5.74, 6) is 1.23. The Balaban J connectivity index is 1.68. The van der Waals surface area contributed by atoms with E-state index in [1.165, 1.54) is 0 Å². The van der Waals surface area contributed by atoms with Crippen LogP contribution in [0.3, 0.4) is 0 Å². The molecule has 0 aliphatic carbocycles. The van der Waals surface area contributed by atoms with Gasteiger partial charge in [-0.15, -0.1) is 0 Å². The van der Waals surface area contributed by atoms with Crippen molar-refractivity contribution in [3.63, 3.8) is 0 Å². The van der Waals surface area contributed by atoms with E-state index in [-0.39, 0.29) is 12.1 Å². The number of carbonyl (C=O) groups is 1. The summed E-state index contributed by atoms with van der Waals surface area (Å²) in [5, 5.41) is 3.43. The molecule has 0 saturated carbocycles. The second-order valence-corrected chi connectivity index (χ2v) is 6.47. The van der Waals surface area contributed by atoms with Crippen LogP contribution < -0.4 is 14.8 Å². The molecule has 0 saturated heterocycles. The molecule has 0 spiro atoms. The molecule has 2 aromatic carbocycles. The summed E-state index contributed by atoms with van der Waals surface area (Å²) in [6.45, 7) is 0.487. The van der Waals surface area contributed by atoms with Crippen LogP contribution in [-0.2, 0) is 6.54 Å². The summed E-state index contributed by atoms with van der Waals surface area (Å²) in [6.07, 6.45) is 1.34. The van der Waals surface area contributed by atoms with Crippen LogP contribution in [0.25, 0.3) is 0 Å². The molecule has 1 aromatic heterocycles. The first-order valence-corrected chi connectivity index (χ1v) is 8.99. The Morgan fingerprint density at radius 2 is 1.79 bits per heavy atom. The summed E-state index contributed by atoms with van der Waals surface area (Å²) in [4.78, 5) is 19.3. The fraction of sp³-hybridized carbons (Fsp3) is 0.182. The highest BCUT2D eigenvalue weighted by Gasteiger charge is 2.37. The second kappa shape index (κ2) is 7.60. The molecule has 1 atom stereocenters. The fourth-order valence-corrected chi connectivity index (χ4v) is 3.41. The second-order valence-electron chi connectivity index (χ2n) is 6.47. The predicted molar refractivity (Wildman–Crippen MR) is 106 cm³/mol. The van der Waals surface area contributed by atoms with Crippen LogP contribution in [0.15, 0.2) is 66.9 Å². The molecule has 0 radical (unpaired) electrons. The molecule has 6 nitrogen and oxygen atoms in total. The molecular formula is C22H21N3O3. The van der Waals surface area contributed by atoms with Crippen LogP contribution in [0, 0.1) is 0 Å². The monoisotopic (exact) mass is 375 g/mol. The Morgan fingerprint density at radius 3 is 2.54 bits per heavy atom. The number of ether oxygens (including phenoxy) is 2. The molecule has 1 aliphatic heterocycles. The molecular weight excluding hydrogens is 354 g/mol. The highest BCUT2D eigenvalue weighted by molar-refractivity contribution is 5.98. The number of benzene rings is 2. The molecule has 28 heavy (non-hydrogen) atoms. The van der Waals surface area contributed by atoms with E-state index in [0.29, 0.717) is 23.6 Å². The summed E-state index contributed by atoms with van der Waals surface area (Å²) in [5.41, 5.74) is 3.21. The molecule has 0 bridgehead atoms. The van der Waals surface area contributed by atoms with Crippen LogP contribution in [0.2, 0.25) is 0 Å². The molecule has 1 N–H and O–H groups in total. The van der Waals surface area contributed by atoms with Gasteiger partial charge in [0.05, 0.1) is 25.5 Å². The fourth-order valence-electron chi connectivity index (χ4n) is 3.41. The highest BCUT2D eigenvalue weighted by Crippen LogP contribution is 2.36. The minimum atomic E-state index is -0.373. The lowest BCUT2D eigenvalue weighted by molar-refractivity contribution is 0.0728. The third-order valence-electron chi connectivity index (χ3n) is 4.78. The van der Waals surface area contributed by atoms with Crippen LogP contribution in [0.1, 0.15) is 27.8 Å². The van der Waals surface area contributed by atoms with Crippen molar-refractivity contribution in [3.8, 4) is 11.5 Å². The minimum Gasteiger partial charge on any atom is -0.493 e. The van der Waals surface area contributed by atoms with Gasteiger partial charge in [-0.2, -0.15) is 0 Å². The SMILES string of the molecule is COc1ccc(N[C@H]2c3ncccc3C(=O)N2Cc2ccccc2)cc1OC. The third kappa shape index (κ3) is 3.24. The average Bonchev–Trinajstić information content (AvgIpc) is 3.00. The molecule has 1 aliphatic rings. The van der Waals surface area contributed by atoms with Gasteiger partial charge in [0.2, 0.25) is 0 Å². The molecule has 6 heteroatoms. The Labute approximate surface area is 163 Å². The van der Waals surface area contributed by atoms with Crippen LogP contribution >= 0.6 is 0 Å². The lowest BCUT2D eigenvalue weighted by atomic mass is 10.2. The van der Waals surface area contributed by atoms with E-state index in [2.05, 4.69) is 10.3 Å². The first-order valence-electron chi connectivity index (χ1n) is 8.99. The number of anilines is 1. The summed E-state index contributed by atoms with van der Waals surface area (Å²) < 4.78 is 10.7. The first-order chi connectivity index (χ1) is 13.7. The minimum absolute atomic E-state index is 0.0371. The lowest BCUT2D eigenvalue weighted by Crippen LogP contribution is -2.32. The molecule has 3 aromatic rings. The van der Waals surface area contributed by atoms with Gasteiger partial charge in [-0.05, 0) is 29.8 Å². The van der Waals surface area contributed by atoms with Gasteiger partial charge in [0.15, 0.2) is 11.5 Å². The number of nitrogens with one attached hydrogen (secondary N) is 1. The van der Waals surface area contributed by atoms with Crippen molar-refractivity contribution in [2.24, 2.45) is 0 Å². The predicted octanol–water partition coefficient (Wildman–Crippen LogP) is 3.87. The van der Waals surface area contributed by atoms with E-state index in [1.54, 1.807) is 31.4 Å².